The minimum Gasteiger partial charge on any atom is -0.379 e. The van der Waals surface area contributed by atoms with Crippen LogP contribution in [0.4, 0.5) is 10.3 Å². The molecule has 1 heterocycles. The number of benzene rings is 2. The predicted octanol–water partition coefficient (Wildman–Crippen LogP) is 4.45. The molecule has 0 spiro atoms. The van der Waals surface area contributed by atoms with Gasteiger partial charge in [-0.15, -0.1) is 0 Å². The molecule has 0 saturated heterocycles. The Morgan fingerprint density at radius 1 is 1.28 bits per heavy atom. The van der Waals surface area contributed by atoms with Crippen LogP contribution in [-0.4, -0.2) is 28.5 Å². The van der Waals surface area contributed by atoms with Crippen molar-refractivity contribution in [2.24, 2.45) is 5.10 Å². The second kappa shape index (κ2) is 9.62. The third-order valence-corrected chi connectivity index (χ3v) is 4.53. The molecule has 8 heteroatoms. The molecule has 29 heavy (non-hydrogen) atoms. The average molecular weight is 417 g/mol. The quantitative estimate of drug-likeness (QED) is 0.334. The number of anilines is 1. The number of para-hydroxylation sites is 1. The van der Waals surface area contributed by atoms with Crippen LogP contribution in [0, 0.1) is 5.82 Å². The van der Waals surface area contributed by atoms with Crippen LogP contribution in [-0.2, 0) is 11.3 Å². The van der Waals surface area contributed by atoms with Crippen molar-refractivity contribution in [2.75, 3.05) is 12.0 Å². The molecule has 0 atom stereocenters. The van der Waals surface area contributed by atoms with E-state index in [1.165, 1.54) is 22.9 Å². The van der Waals surface area contributed by atoms with Gasteiger partial charge in [0.15, 0.2) is 0 Å². The van der Waals surface area contributed by atoms with Gasteiger partial charge in [-0.2, -0.15) is 5.10 Å². The van der Waals surface area contributed by atoms with E-state index in [4.69, 9.17) is 16.3 Å². The standard InChI is InChI=1S/C21H22ClFN4O2/c1-14(2)29-12-6-11-27-20(28)15-7-3-4-10-19(15)25-21(27)26-24-13-16-17(22)8-5-9-18(16)23/h3-5,7-10,13-14H,6,11-12H2,1-2H3,(H,25,26)/b24-13-. The van der Waals surface area contributed by atoms with E-state index in [0.29, 0.717) is 30.5 Å². The lowest BCUT2D eigenvalue weighted by atomic mass is 10.2. The molecule has 0 saturated carbocycles. The maximum Gasteiger partial charge on any atom is 0.262 e. The summed E-state index contributed by atoms with van der Waals surface area (Å²) in [6.07, 6.45) is 2.02. The first-order valence-corrected chi connectivity index (χ1v) is 9.69. The van der Waals surface area contributed by atoms with E-state index in [0.717, 1.165) is 0 Å². The number of aromatic nitrogens is 2. The zero-order chi connectivity index (χ0) is 20.8. The molecule has 3 rings (SSSR count). The van der Waals surface area contributed by atoms with Gasteiger partial charge in [0, 0.05) is 18.7 Å². The molecule has 0 unspecified atom stereocenters. The maximum absolute atomic E-state index is 13.9. The smallest absolute Gasteiger partial charge is 0.262 e. The highest BCUT2D eigenvalue weighted by Crippen LogP contribution is 2.17. The highest BCUT2D eigenvalue weighted by atomic mass is 35.5. The van der Waals surface area contributed by atoms with E-state index in [2.05, 4.69) is 15.5 Å². The number of hydrazone groups is 1. The van der Waals surface area contributed by atoms with E-state index in [-0.39, 0.29) is 28.2 Å². The number of hydrogen-bond donors (Lipinski definition) is 1. The molecule has 3 aromatic rings. The minimum absolute atomic E-state index is 0.120. The van der Waals surface area contributed by atoms with Gasteiger partial charge >= 0.3 is 0 Å². The van der Waals surface area contributed by atoms with E-state index in [9.17, 15) is 9.18 Å². The van der Waals surface area contributed by atoms with Gasteiger partial charge in [-0.3, -0.25) is 9.36 Å². The van der Waals surface area contributed by atoms with Crippen molar-refractivity contribution in [3.8, 4) is 0 Å². The number of halogens is 2. The first-order chi connectivity index (χ1) is 14.0. The third-order valence-electron chi connectivity index (χ3n) is 4.20. The Balaban J connectivity index is 1.89. The fraction of sp³-hybridized carbons (Fsp3) is 0.286. The van der Waals surface area contributed by atoms with Crippen LogP contribution in [0.15, 0.2) is 52.4 Å². The lowest BCUT2D eigenvalue weighted by molar-refractivity contribution is 0.0748. The molecule has 0 aliphatic heterocycles. The number of fused-ring (bicyclic) bond motifs is 1. The molecule has 152 valence electrons. The van der Waals surface area contributed by atoms with Gasteiger partial charge in [-0.1, -0.05) is 29.8 Å². The van der Waals surface area contributed by atoms with Crippen LogP contribution in [0.1, 0.15) is 25.8 Å². The predicted molar refractivity (Wildman–Crippen MR) is 114 cm³/mol. The van der Waals surface area contributed by atoms with Crippen LogP contribution in [0.25, 0.3) is 10.9 Å². The van der Waals surface area contributed by atoms with Crippen LogP contribution in [0.2, 0.25) is 5.02 Å². The Kier molecular flexibility index (Phi) is 6.95. The van der Waals surface area contributed by atoms with Crippen molar-refractivity contribution in [1.82, 2.24) is 9.55 Å². The van der Waals surface area contributed by atoms with E-state index in [1.54, 1.807) is 24.3 Å². The number of hydrogen-bond acceptors (Lipinski definition) is 5. The van der Waals surface area contributed by atoms with Gasteiger partial charge in [0.2, 0.25) is 5.95 Å². The van der Waals surface area contributed by atoms with Gasteiger partial charge in [-0.05, 0) is 44.5 Å². The summed E-state index contributed by atoms with van der Waals surface area (Å²) in [6.45, 7) is 4.84. The molecule has 6 nitrogen and oxygen atoms in total. The Labute approximate surface area is 173 Å². The molecule has 0 aliphatic rings. The molecular weight excluding hydrogens is 395 g/mol. The highest BCUT2D eigenvalue weighted by Gasteiger charge is 2.11. The lowest BCUT2D eigenvalue weighted by Gasteiger charge is -2.13. The lowest BCUT2D eigenvalue weighted by Crippen LogP contribution is -2.25. The van der Waals surface area contributed by atoms with Crippen molar-refractivity contribution >= 4 is 34.7 Å². The summed E-state index contributed by atoms with van der Waals surface area (Å²) in [5, 5.41) is 4.80. The van der Waals surface area contributed by atoms with Gasteiger partial charge in [0.1, 0.15) is 5.82 Å². The molecule has 2 aromatic carbocycles. The fourth-order valence-electron chi connectivity index (χ4n) is 2.79. The summed E-state index contributed by atoms with van der Waals surface area (Å²) in [7, 11) is 0. The average Bonchev–Trinajstić information content (AvgIpc) is 2.69. The van der Waals surface area contributed by atoms with Crippen LogP contribution < -0.4 is 11.0 Å². The number of nitrogens with one attached hydrogen (secondary N) is 1. The zero-order valence-electron chi connectivity index (χ0n) is 16.2. The van der Waals surface area contributed by atoms with Crippen molar-refractivity contribution < 1.29 is 9.13 Å². The Morgan fingerprint density at radius 2 is 2.07 bits per heavy atom. The Morgan fingerprint density at radius 3 is 2.83 bits per heavy atom. The van der Waals surface area contributed by atoms with Crippen molar-refractivity contribution in [3.63, 3.8) is 0 Å². The zero-order valence-corrected chi connectivity index (χ0v) is 17.0. The van der Waals surface area contributed by atoms with Gasteiger partial charge in [0.25, 0.3) is 5.56 Å². The third kappa shape index (κ3) is 5.19. The van der Waals surface area contributed by atoms with Crippen molar-refractivity contribution in [3.05, 3.63) is 69.2 Å². The van der Waals surface area contributed by atoms with Gasteiger partial charge in [-0.25, -0.2) is 14.8 Å². The largest absolute Gasteiger partial charge is 0.379 e. The SMILES string of the molecule is CC(C)OCCCn1c(N/N=C\c2c(F)cccc2Cl)nc2ccccc2c1=O. The number of rotatable bonds is 8. The fourth-order valence-corrected chi connectivity index (χ4v) is 3.00. The van der Waals surface area contributed by atoms with Gasteiger partial charge < -0.3 is 4.74 Å². The van der Waals surface area contributed by atoms with E-state index < -0.39 is 5.82 Å². The molecule has 1 N–H and O–H groups in total. The molecular formula is C21H22ClFN4O2. The molecule has 0 aliphatic carbocycles. The first-order valence-electron chi connectivity index (χ1n) is 9.31. The van der Waals surface area contributed by atoms with Crippen LogP contribution in [0.3, 0.4) is 0 Å². The van der Waals surface area contributed by atoms with E-state index >= 15 is 0 Å². The summed E-state index contributed by atoms with van der Waals surface area (Å²) >= 11 is 6.01. The molecule has 0 bridgehead atoms. The second-order valence-electron chi connectivity index (χ2n) is 6.69. The topological polar surface area (TPSA) is 68.5 Å². The minimum atomic E-state index is -0.488. The Bertz CT molecular complexity index is 1060. The maximum atomic E-state index is 13.9. The van der Waals surface area contributed by atoms with Crippen LogP contribution >= 0.6 is 11.6 Å². The van der Waals surface area contributed by atoms with Crippen molar-refractivity contribution in [1.29, 1.82) is 0 Å². The summed E-state index contributed by atoms with van der Waals surface area (Å²) in [6, 6.07) is 11.5. The normalized spacial score (nSPS) is 11.6. The molecule has 0 amide bonds. The molecule has 0 fully saturated rings. The summed E-state index contributed by atoms with van der Waals surface area (Å²) < 4.78 is 21.0. The first kappa shape index (κ1) is 21.0. The summed E-state index contributed by atoms with van der Waals surface area (Å²) in [5.74, 6) is -0.222. The Hall–Kier alpha value is -2.77. The summed E-state index contributed by atoms with van der Waals surface area (Å²) in [5.41, 5.74) is 3.28. The molecule has 1 aromatic heterocycles. The van der Waals surface area contributed by atoms with Gasteiger partial charge in [0.05, 0.1) is 28.2 Å². The monoisotopic (exact) mass is 416 g/mol. The number of nitrogens with zero attached hydrogens (tertiary/aromatic N) is 3. The number of ether oxygens (including phenoxy) is 1. The van der Waals surface area contributed by atoms with E-state index in [1.807, 2.05) is 19.9 Å². The molecule has 0 radical (unpaired) electrons. The van der Waals surface area contributed by atoms with Crippen LogP contribution in [0.5, 0.6) is 0 Å². The second-order valence-corrected chi connectivity index (χ2v) is 7.09. The summed E-state index contributed by atoms with van der Waals surface area (Å²) in [4.78, 5) is 17.4. The highest BCUT2D eigenvalue weighted by molar-refractivity contribution is 6.33. The van der Waals surface area contributed by atoms with Crippen molar-refractivity contribution in [2.45, 2.75) is 32.9 Å².